The van der Waals surface area contributed by atoms with Gasteiger partial charge in [-0.05, 0) is 37.3 Å². The number of benzene rings is 1. The van der Waals surface area contributed by atoms with Gasteiger partial charge in [-0.2, -0.15) is 0 Å². The van der Waals surface area contributed by atoms with Gasteiger partial charge >= 0.3 is 0 Å². The Morgan fingerprint density at radius 3 is 2.72 bits per heavy atom. The van der Waals surface area contributed by atoms with Crippen LogP contribution in [0.15, 0.2) is 30.3 Å². The highest BCUT2D eigenvalue weighted by Gasteiger charge is 2.30. The number of carbonyl (C=O) groups is 1. The van der Waals surface area contributed by atoms with Crippen LogP contribution in [0.25, 0.3) is 0 Å². The van der Waals surface area contributed by atoms with Gasteiger partial charge < -0.3 is 10.2 Å². The van der Waals surface area contributed by atoms with Crippen molar-refractivity contribution < 1.29 is 4.79 Å². The molecule has 1 amide bonds. The summed E-state index contributed by atoms with van der Waals surface area (Å²) in [7, 11) is 0. The lowest BCUT2D eigenvalue weighted by Crippen LogP contribution is -2.31. The van der Waals surface area contributed by atoms with E-state index in [4.69, 9.17) is 0 Å². The summed E-state index contributed by atoms with van der Waals surface area (Å²) in [6, 6.07) is 10.5. The average molecular weight is 244 g/mol. The van der Waals surface area contributed by atoms with Crippen molar-refractivity contribution in [2.75, 3.05) is 24.5 Å². The summed E-state index contributed by atoms with van der Waals surface area (Å²) in [4.78, 5) is 14.0. The lowest BCUT2D eigenvalue weighted by atomic mass is 10.1. The second kappa shape index (κ2) is 5.01. The van der Waals surface area contributed by atoms with Crippen LogP contribution in [-0.4, -0.2) is 25.5 Å². The van der Waals surface area contributed by atoms with E-state index in [1.165, 1.54) is 12.1 Å². The molecule has 18 heavy (non-hydrogen) atoms. The molecule has 0 aromatic heterocycles. The van der Waals surface area contributed by atoms with Crippen molar-refractivity contribution in [1.29, 1.82) is 0 Å². The molecular weight excluding hydrogens is 224 g/mol. The molecular formula is C15H20N2O. The van der Waals surface area contributed by atoms with E-state index in [0.29, 0.717) is 11.8 Å². The van der Waals surface area contributed by atoms with E-state index in [-0.39, 0.29) is 5.91 Å². The van der Waals surface area contributed by atoms with Gasteiger partial charge in [0.25, 0.3) is 0 Å². The fraction of sp³-hybridized carbons (Fsp3) is 0.533. The first kappa shape index (κ1) is 11.6. The van der Waals surface area contributed by atoms with E-state index in [0.717, 1.165) is 32.5 Å². The monoisotopic (exact) mass is 244 g/mol. The summed E-state index contributed by atoms with van der Waals surface area (Å²) in [6.07, 6.45) is 3.36. The maximum atomic E-state index is 11.6. The van der Waals surface area contributed by atoms with Crippen LogP contribution in [0.1, 0.15) is 19.3 Å². The molecule has 2 fully saturated rings. The Hall–Kier alpha value is -1.51. The third-order valence-corrected chi connectivity index (χ3v) is 3.92. The third kappa shape index (κ3) is 2.66. The Labute approximate surface area is 108 Å². The van der Waals surface area contributed by atoms with Crippen molar-refractivity contribution in [1.82, 2.24) is 5.32 Å². The minimum atomic E-state index is 0.271. The van der Waals surface area contributed by atoms with Gasteiger partial charge in [0.2, 0.25) is 5.91 Å². The molecule has 1 aliphatic carbocycles. The number of nitrogens with one attached hydrogen (secondary N) is 1. The van der Waals surface area contributed by atoms with Gasteiger partial charge in [0.1, 0.15) is 0 Å². The molecule has 3 nitrogen and oxygen atoms in total. The van der Waals surface area contributed by atoms with Crippen LogP contribution in [0.3, 0.4) is 0 Å². The number of anilines is 1. The highest BCUT2D eigenvalue weighted by Crippen LogP contribution is 2.29. The van der Waals surface area contributed by atoms with E-state index in [1.54, 1.807) is 0 Å². The SMILES string of the molecule is O=C(NCC1CCN(c2ccccc2)C1)C1CC1. The molecule has 2 aliphatic rings. The Balaban J connectivity index is 1.48. The summed E-state index contributed by atoms with van der Waals surface area (Å²) >= 11 is 0. The summed E-state index contributed by atoms with van der Waals surface area (Å²) in [5, 5.41) is 3.09. The summed E-state index contributed by atoms with van der Waals surface area (Å²) in [5.41, 5.74) is 1.30. The summed E-state index contributed by atoms with van der Waals surface area (Å²) < 4.78 is 0. The van der Waals surface area contributed by atoms with E-state index in [1.807, 2.05) is 6.07 Å². The Bertz CT molecular complexity index is 414. The molecule has 1 saturated carbocycles. The fourth-order valence-electron chi connectivity index (χ4n) is 2.61. The van der Waals surface area contributed by atoms with Gasteiger partial charge in [-0.1, -0.05) is 18.2 Å². The van der Waals surface area contributed by atoms with Gasteiger partial charge in [-0.3, -0.25) is 4.79 Å². The van der Waals surface area contributed by atoms with Crippen molar-refractivity contribution in [2.45, 2.75) is 19.3 Å². The molecule has 0 radical (unpaired) electrons. The predicted molar refractivity (Wildman–Crippen MR) is 72.5 cm³/mol. The second-order valence-corrected chi connectivity index (χ2v) is 5.46. The number of hydrogen-bond donors (Lipinski definition) is 1. The lowest BCUT2D eigenvalue weighted by Gasteiger charge is -2.18. The van der Waals surface area contributed by atoms with Crippen LogP contribution in [-0.2, 0) is 4.79 Å². The number of hydrogen-bond acceptors (Lipinski definition) is 2. The minimum absolute atomic E-state index is 0.271. The molecule has 1 N–H and O–H groups in total. The van der Waals surface area contributed by atoms with Crippen molar-refractivity contribution in [3.63, 3.8) is 0 Å². The average Bonchev–Trinajstić information content (AvgIpc) is 3.16. The highest BCUT2D eigenvalue weighted by molar-refractivity contribution is 5.80. The largest absolute Gasteiger partial charge is 0.371 e. The van der Waals surface area contributed by atoms with Gasteiger partial charge in [-0.15, -0.1) is 0 Å². The lowest BCUT2D eigenvalue weighted by molar-refractivity contribution is -0.122. The van der Waals surface area contributed by atoms with Crippen molar-refractivity contribution >= 4 is 11.6 Å². The quantitative estimate of drug-likeness (QED) is 0.879. The normalized spacial score (nSPS) is 23.1. The van der Waals surface area contributed by atoms with E-state index < -0.39 is 0 Å². The Morgan fingerprint density at radius 1 is 1.22 bits per heavy atom. The number of nitrogens with zero attached hydrogens (tertiary/aromatic N) is 1. The predicted octanol–water partition coefficient (Wildman–Crippen LogP) is 2.04. The first-order chi connectivity index (χ1) is 8.83. The number of rotatable bonds is 4. The van der Waals surface area contributed by atoms with Gasteiger partial charge in [0, 0.05) is 31.2 Å². The molecule has 3 heteroatoms. The van der Waals surface area contributed by atoms with Crippen molar-refractivity contribution in [3.05, 3.63) is 30.3 Å². The first-order valence-corrected chi connectivity index (χ1v) is 6.90. The molecule has 1 heterocycles. The summed E-state index contributed by atoms with van der Waals surface area (Å²) in [6.45, 7) is 3.02. The molecule has 1 atom stereocenters. The molecule has 1 saturated heterocycles. The maximum absolute atomic E-state index is 11.6. The van der Waals surface area contributed by atoms with E-state index in [9.17, 15) is 4.79 Å². The van der Waals surface area contributed by atoms with Crippen LogP contribution in [0.5, 0.6) is 0 Å². The van der Waals surface area contributed by atoms with Gasteiger partial charge in [0.05, 0.1) is 0 Å². The first-order valence-electron chi connectivity index (χ1n) is 6.90. The molecule has 3 rings (SSSR count). The van der Waals surface area contributed by atoms with Crippen LogP contribution in [0.2, 0.25) is 0 Å². The smallest absolute Gasteiger partial charge is 0.223 e. The maximum Gasteiger partial charge on any atom is 0.223 e. The second-order valence-electron chi connectivity index (χ2n) is 5.46. The Morgan fingerprint density at radius 2 is 2.00 bits per heavy atom. The van der Waals surface area contributed by atoms with Crippen molar-refractivity contribution in [3.8, 4) is 0 Å². The van der Waals surface area contributed by atoms with Gasteiger partial charge in [0.15, 0.2) is 0 Å². The summed E-state index contributed by atoms with van der Waals surface area (Å²) in [5.74, 6) is 1.21. The molecule has 1 aromatic rings. The number of amides is 1. The standard InChI is InChI=1S/C15H20N2O/c18-15(13-6-7-13)16-10-12-8-9-17(11-12)14-4-2-1-3-5-14/h1-5,12-13H,6-11H2,(H,16,18). The van der Waals surface area contributed by atoms with E-state index in [2.05, 4.69) is 34.5 Å². The van der Waals surface area contributed by atoms with Crippen LogP contribution < -0.4 is 10.2 Å². The molecule has 96 valence electrons. The fourth-order valence-corrected chi connectivity index (χ4v) is 2.61. The molecule has 1 aliphatic heterocycles. The van der Waals surface area contributed by atoms with E-state index >= 15 is 0 Å². The topological polar surface area (TPSA) is 32.3 Å². The highest BCUT2D eigenvalue weighted by atomic mass is 16.2. The Kier molecular flexibility index (Phi) is 3.22. The molecule has 0 spiro atoms. The van der Waals surface area contributed by atoms with Crippen LogP contribution in [0, 0.1) is 11.8 Å². The van der Waals surface area contributed by atoms with Crippen molar-refractivity contribution in [2.24, 2.45) is 11.8 Å². The number of para-hydroxylation sites is 1. The zero-order valence-electron chi connectivity index (χ0n) is 10.6. The van der Waals surface area contributed by atoms with Crippen LogP contribution in [0.4, 0.5) is 5.69 Å². The minimum Gasteiger partial charge on any atom is -0.371 e. The number of carbonyl (C=O) groups excluding carboxylic acids is 1. The molecule has 1 aromatic carbocycles. The third-order valence-electron chi connectivity index (χ3n) is 3.92. The molecule has 1 unspecified atom stereocenters. The van der Waals surface area contributed by atoms with Crippen LogP contribution >= 0.6 is 0 Å². The zero-order chi connectivity index (χ0) is 12.4. The van der Waals surface area contributed by atoms with Gasteiger partial charge in [-0.25, -0.2) is 0 Å². The zero-order valence-corrected chi connectivity index (χ0v) is 10.6. The molecule has 0 bridgehead atoms.